The van der Waals surface area contributed by atoms with E-state index in [1.165, 1.54) is 32.1 Å². The third-order valence-electron chi connectivity index (χ3n) is 12.4. The molecule has 0 aliphatic heterocycles. The zero-order valence-electron chi connectivity index (χ0n) is 21.6. The minimum absolute atomic E-state index is 0.132. The molecule has 0 aromatic carbocycles. The van der Waals surface area contributed by atoms with Crippen LogP contribution in [0.15, 0.2) is 12.4 Å². The largest absolute Gasteiger partial charge is 0.390 e. The second kappa shape index (κ2) is 7.21. The Labute approximate surface area is 209 Å². The monoisotopic (exact) mass is 475 g/mol. The Morgan fingerprint density at radius 3 is 2.63 bits per heavy atom. The van der Waals surface area contributed by atoms with Gasteiger partial charge in [0.1, 0.15) is 0 Å². The highest BCUT2D eigenvalue weighted by atomic mass is 16.3. The van der Waals surface area contributed by atoms with Crippen LogP contribution in [0.1, 0.15) is 84.1 Å². The molecule has 35 heavy (non-hydrogen) atoms. The number of carbonyl (C=O) groups excluding carboxylic acids is 1. The molecule has 0 bridgehead atoms. The van der Waals surface area contributed by atoms with E-state index in [1.807, 2.05) is 24.0 Å². The van der Waals surface area contributed by atoms with E-state index >= 15 is 0 Å². The quantitative estimate of drug-likeness (QED) is 0.655. The summed E-state index contributed by atoms with van der Waals surface area (Å²) in [5, 5.41) is 24.7. The van der Waals surface area contributed by atoms with Crippen LogP contribution >= 0.6 is 0 Å². The topological polar surface area (TPSA) is 78.9 Å². The second-order valence-corrected chi connectivity index (χ2v) is 14.2. The van der Waals surface area contributed by atoms with Gasteiger partial charge in [-0.1, -0.05) is 13.8 Å². The van der Waals surface area contributed by atoms with Gasteiger partial charge in [-0.3, -0.25) is 9.48 Å². The number of ketones is 1. The third kappa shape index (κ3) is 3.14. The van der Waals surface area contributed by atoms with Gasteiger partial charge in [0, 0.05) is 17.7 Å². The van der Waals surface area contributed by atoms with Gasteiger partial charge in [0.05, 0.1) is 29.8 Å². The molecule has 1 aromatic rings. The summed E-state index contributed by atoms with van der Waals surface area (Å²) in [7, 11) is 0. The number of aromatic nitrogens is 2. The van der Waals surface area contributed by atoms with Gasteiger partial charge in [-0.15, -0.1) is 0 Å². The van der Waals surface area contributed by atoms with Crippen molar-refractivity contribution in [2.24, 2.45) is 58.7 Å². The van der Waals surface area contributed by atoms with Crippen LogP contribution in [-0.4, -0.2) is 26.3 Å². The molecular weight excluding hydrogens is 434 g/mol. The SMILES string of the molecule is C[C@H]1[C@@H]2[C@H]1[C@H](C(=O)Cn1cc(C3(C#N)CC3)cn1)[C@@]1(C)CC[C@H]3[C@@H](CC[C@@H]4C[C@](C)(O)CC[C@@H]43)[C@H]21. The molecule has 11 atom stereocenters. The summed E-state index contributed by atoms with van der Waals surface area (Å²) in [6, 6.07) is 2.45. The number of fused-ring (bicyclic) bond motifs is 7. The summed E-state index contributed by atoms with van der Waals surface area (Å²) in [4.78, 5) is 13.9. The first-order chi connectivity index (χ1) is 16.7. The van der Waals surface area contributed by atoms with E-state index in [4.69, 9.17) is 0 Å². The Bertz CT molecular complexity index is 1100. The van der Waals surface area contributed by atoms with Crippen LogP contribution in [0.5, 0.6) is 0 Å². The van der Waals surface area contributed by atoms with Crippen LogP contribution in [0.3, 0.4) is 0 Å². The lowest BCUT2D eigenvalue weighted by Gasteiger charge is -2.58. The molecule has 0 unspecified atom stereocenters. The Morgan fingerprint density at radius 1 is 1.11 bits per heavy atom. The predicted octanol–water partition coefficient (Wildman–Crippen LogP) is 5.13. The third-order valence-corrected chi connectivity index (χ3v) is 12.4. The number of rotatable bonds is 4. The zero-order chi connectivity index (χ0) is 24.3. The number of nitriles is 1. The van der Waals surface area contributed by atoms with E-state index in [-0.39, 0.29) is 16.7 Å². The fourth-order valence-electron chi connectivity index (χ4n) is 10.6. The van der Waals surface area contributed by atoms with E-state index < -0.39 is 5.60 Å². The average molecular weight is 476 g/mol. The molecule has 5 nitrogen and oxygen atoms in total. The summed E-state index contributed by atoms with van der Waals surface area (Å²) in [5.74, 6) is 6.27. The van der Waals surface area contributed by atoms with Crippen molar-refractivity contribution < 1.29 is 9.90 Å². The van der Waals surface area contributed by atoms with Crippen molar-refractivity contribution >= 4 is 5.78 Å². The van der Waals surface area contributed by atoms with Crippen LogP contribution in [0.25, 0.3) is 0 Å². The van der Waals surface area contributed by atoms with E-state index in [2.05, 4.69) is 25.0 Å². The summed E-state index contributed by atoms with van der Waals surface area (Å²) >= 11 is 0. The summed E-state index contributed by atoms with van der Waals surface area (Å²) in [6.07, 6.45) is 13.8. The number of nitrogens with zero attached hydrogens (tertiary/aromatic N) is 3. The Morgan fingerprint density at radius 2 is 1.89 bits per heavy atom. The number of hydrogen-bond acceptors (Lipinski definition) is 4. The first-order valence-corrected chi connectivity index (χ1v) is 14.4. The fourth-order valence-corrected chi connectivity index (χ4v) is 10.6. The maximum atomic E-state index is 13.9. The van der Waals surface area contributed by atoms with E-state index in [1.54, 1.807) is 0 Å². The molecule has 0 spiro atoms. The smallest absolute Gasteiger partial charge is 0.158 e. The van der Waals surface area contributed by atoms with Crippen LogP contribution < -0.4 is 0 Å². The summed E-state index contributed by atoms with van der Waals surface area (Å²) in [6.45, 7) is 7.27. The lowest BCUT2D eigenvalue weighted by Crippen LogP contribution is -2.52. The fraction of sp³-hybridized carbons (Fsp3) is 0.833. The molecule has 6 saturated carbocycles. The van der Waals surface area contributed by atoms with Crippen molar-refractivity contribution in [1.82, 2.24) is 9.78 Å². The molecule has 1 N–H and O–H groups in total. The lowest BCUT2D eigenvalue weighted by atomic mass is 9.47. The Hall–Kier alpha value is -1.67. The average Bonchev–Trinajstić information content (AvgIpc) is 3.64. The van der Waals surface area contributed by atoms with E-state index in [9.17, 15) is 15.2 Å². The standard InChI is InChI=1S/C30H41N3O2/c1-17-24-25(17)27(23(34)15-33-14-19(13-32-33)30(16-31)10-11-30)29(3)9-7-21-20-6-8-28(2,35)12-18(20)4-5-22(21)26(24)29/h13-14,17-18,20-22,24-27,35H,4-12,15H2,1-3H3/t17-,18+,20-,21+,22+,24+,25-,26+,27-,28+,29-/m0/s1. The van der Waals surface area contributed by atoms with Crippen molar-refractivity contribution in [3.63, 3.8) is 0 Å². The normalized spacial score (nSPS) is 50.8. The lowest BCUT2D eigenvalue weighted by molar-refractivity contribution is -0.137. The van der Waals surface area contributed by atoms with Gasteiger partial charge >= 0.3 is 0 Å². The molecule has 7 rings (SSSR count). The molecule has 1 heterocycles. The number of aliphatic hydroxyl groups is 1. The van der Waals surface area contributed by atoms with Crippen molar-refractivity contribution in [2.75, 3.05) is 0 Å². The maximum Gasteiger partial charge on any atom is 0.158 e. The Kier molecular flexibility index (Phi) is 4.64. The van der Waals surface area contributed by atoms with Gasteiger partial charge in [-0.2, -0.15) is 10.4 Å². The molecule has 0 saturated heterocycles. The second-order valence-electron chi connectivity index (χ2n) is 14.2. The van der Waals surface area contributed by atoms with Gasteiger partial charge in [0.2, 0.25) is 0 Å². The molecule has 0 radical (unpaired) electrons. The minimum Gasteiger partial charge on any atom is -0.390 e. The van der Waals surface area contributed by atoms with Gasteiger partial charge in [0.15, 0.2) is 5.78 Å². The van der Waals surface area contributed by atoms with Gasteiger partial charge in [-0.25, -0.2) is 0 Å². The zero-order valence-corrected chi connectivity index (χ0v) is 21.6. The molecule has 6 aliphatic carbocycles. The highest BCUT2D eigenvalue weighted by molar-refractivity contribution is 5.83. The van der Waals surface area contributed by atoms with Crippen molar-refractivity contribution in [3.05, 3.63) is 18.0 Å². The Balaban J connectivity index is 1.12. The molecular formula is C30H41N3O2. The van der Waals surface area contributed by atoms with Crippen LogP contribution in [0.4, 0.5) is 0 Å². The molecule has 1 aromatic heterocycles. The molecule has 188 valence electrons. The molecule has 0 amide bonds. The predicted molar refractivity (Wildman–Crippen MR) is 132 cm³/mol. The van der Waals surface area contributed by atoms with Crippen molar-refractivity contribution in [2.45, 2.75) is 96.1 Å². The summed E-state index contributed by atoms with van der Waals surface area (Å²) < 4.78 is 1.82. The van der Waals surface area contributed by atoms with Crippen molar-refractivity contribution in [3.8, 4) is 6.07 Å². The highest BCUT2D eigenvalue weighted by Crippen LogP contribution is 2.77. The minimum atomic E-state index is -0.461. The highest BCUT2D eigenvalue weighted by Gasteiger charge is 2.74. The van der Waals surface area contributed by atoms with Gasteiger partial charge < -0.3 is 5.11 Å². The number of hydrogen-bond donors (Lipinski definition) is 1. The molecule has 5 heteroatoms. The maximum absolute atomic E-state index is 13.9. The van der Waals surface area contributed by atoms with E-state index in [0.717, 1.165) is 54.9 Å². The van der Waals surface area contributed by atoms with Gasteiger partial charge in [-0.05, 0) is 117 Å². The van der Waals surface area contributed by atoms with Crippen LogP contribution in [0.2, 0.25) is 0 Å². The summed E-state index contributed by atoms with van der Waals surface area (Å²) in [5.41, 5.74) is 0.320. The van der Waals surface area contributed by atoms with Crippen molar-refractivity contribution in [1.29, 1.82) is 5.26 Å². The first-order valence-electron chi connectivity index (χ1n) is 14.4. The van der Waals surface area contributed by atoms with E-state index in [0.29, 0.717) is 36.0 Å². The molecule has 6 aliphatic rings. The van der Waals surface area contributed by atoms with Gasteiger partial charge in [0.25, 0.3) is 0 Å². The van der Waals surface area contributed by atoms with Crippen LogP contribution in [0, 0.1) is 70.0 Å². The number of carbonyl (C=O) groups is 1. The molecule has 6 fully saturated rings. The van der Waals surface area contributed by atoms with Crippen LogP contribution in [-0.2, 0) is 16.8 Å². The number of Topliss-reactive ketones (excluding diaryl/α,β-unsaturated/α-hetero) is 1. The first kappa shape index (κ1) is 22.5.